The first-order valence-corrected chi connectivity index (χ1v) is 13.1. The van der Waals surface area contributed by atoms with E-state index in [2.05, 4.69) is 15.0 Å². The number of nitrogens with zero attached hydrogens (tertiary/aromatic N) is 2. The average Bonchev–Trinajstić information content (AvgIpc) is 3.41. The Balaban J connectivity index is 1.32. The number of nitrogens with one attached hydrogen (secondary N) is 2. The van der Waals surface area contributed by atoms with E-state index in [1.54, 1.807) is 11.5 Å². The van der Waals surface area contributed by atoms with E-state index < -0.39 is 27.1 Å². The van der Waals surface area contributed by atoms with Gasteiger partial charge in [0.25, 0.3) is 21.2 Å². The fraction of sp³-hybridized carbons (Fsp3) is 0.0909. The summed E-state index contributed by atoms with van der Waals surface area (Å²) in [5, 5.41) is 4.11. The molecule has 0 unspecified atom stereocenters. The molecule has 0 bridgehead atoms. The van der Waals surface area contributed by atoms with Crippen LogP contribution in [-0.4, -0.2) is 41.9 Å². The predicted molar refractivity (Wildman–Crippen MR) is 132 cm³/mol. The van der Waals surface area contributed by atoms with Gasteiger partial charge in [-0.2, -0.15) is 0 Å². The topological polar surface area (TPSA) is 126 Å². The molecule has 0 spiro atoms. The third kappa shape index (κ3) is 5.71. The number of thioether (sulfide) groups is 1. The second kappa shape index (κ2) is 10.2. The molecule has 0 aliphatic carbocycles. The largest absolute Gasteiger partial charge is 0.326 e. The maximum Gasteiger partial charge on any atom is 0.293 e. The van der Waals surface area contributed by atoms with Gasteiger partial charge in [0, 0.05) is 30.2 Å². The average molecular weight is 515 g/mol. The summed E-state index contributed by atoms with van der Waals surface area (Å²) in [7, 11) is -3.79. The van der Waals surface area contributed by atoms with Gasteiger partial charge < -0.3 is 5.32 Å². The fourth-order valence-corrected chi connectivity index (χ4v) is 5.65. The van der Waals surface area contributed by atoms with Crippen molar-refractivity contribution in [3.05, 3.63) is 76.6 Å². The highest BCUT2D eigenvalue weighted by Gasteiger charge is 2.35. The molecule has 34 heavy (non-hydrogen) atoms. The Morgan fingerprint density at radius 1 is 1.06 bits per heavy atom. The molecule has 0 atom stereocenters. The zero-order valence-corrected chi connectivity index (χ0v) is 20.0. The monoisotopic (exact) mass is 514 g/mol. The number of rotatable bonds is 8. The number of carbonyl (C=O) groups excluding carboxylic acids is 3. The van der Waals surface area contributed by atoms with E-state index in [4.69, 9.17) is 0 Å². The number of sulfonamides is 1. The number of hydrogen-bond donors (Lipinski definition) is 2. The Hall–Kier alpha value is -3.48. The van der Waals surface area contributed by atoms with Gasteiger partial charge in [-0.3, -0.25) is 24.0 Å². The number of carbonyl (C=O) groups is 3. The summed E-state index contributed by atoms with van der Waals surface area (Å²) in [6.07, 6.45) is 3.04. The third-order valence-corrected chi connectivity index (χ3v) is 7.72. The minimum Gasteiger partial charge on any atom is -0.326 e. The predicted octanol–water partition coefficient (Wildman–Crippen LogP) is 4.01. The number of benzene rings is 2. The van der Waals surface area contributed by atoms with Crippen molar-refractivity contribution in [1.82, 2.24) is 9.88 Å². The molecule has 3 aromatic rings. The molecule has 1 aromatic heterocycles. The van der Waals surface area contributed by atoms with Gasteiger partial charge >= 0.3 is 0 Å². The third-order valence-electron chi connectivity index (χ3n) is 4.64. The Bertz CT molecular complexity index is 1340. The maximum atomic E-state index is 12.6. The van der Waals surface area contributed by atoms with Crippen LogP contribution in [0.5, 0.6) is 0 Å². The highest BCUT2D eigenvalue weighted by Crippen LogP contribution is 2.32. The number of hydrogen-bond acceptors (Lipinski definition) is 8. The van der Waals surface area contributed by atoms with Crippen molar-refractivity contribution in [1.29, 1.82) is 0 Å². The first kappa shape index (κ1) is 23.7. The van der Waals surface area contributed by atoms with E-state index in [9.17, 15) is 22.8 Å². The molecule has 12 heteroatoms. The minimum atomic E-state index is -3.79. The number of thiazole rings is 1. The maximum absolute atomic E-state index is 12.6. The Morgan fingerprint density at radius 3 is 2.47 bits per heavy atom. The molecule has 3 amide bonds. The van der Waals surface area contributed by atoms with Crippen molar-refractivity contribution < 1.29 is 22.8 Å². The van der Waals surface area contributed by atoms with Crippen LogP contribution in [0, 0.1) is 0 Å². The zero-order chi connectivity index (χ0) is 24.1. The number of aromatic nitrogens is 1. The van der Waals surface area contributed by atoms with Gasteiger partial charge in [0.1, 0.15) is 0 Å². The van der Waals surface area contributed by atoms with E-state index in [0.29, 0.717) is 10.6 Å². The molecule has 0 saturated carbocycles. The van der Waals surface area contributed by atoms with Crippen molar-refractivity contribution >= 4 is 67.1 Å². The summed E-state index contributed by atoms with van der Waals surface area (Å²) in [5.41, 5.74) is 1.19. The molecule has 2 aromatic carbocycles. The van der Waals surface area contributed by atoms with E-state index >= 15 is 0 Å². The first-order chi connectivity index (χ1) is 16.3. The minimum absolute atomic E-state index is 0.0173. The number of imide groups is 1. The zero-order valence-electron chi connectivity index (χ0n) is 17.5. The summed E-state index contributed by atoms with van der Waals surface area (Å²) in [4.78, 5) is 42.4. The summed E-state index contributed by atoms with van der Waals surface area (Å²) in [6.45, 7) is -0.0627. The van der Waals surface area contributed by atoms with Crippen LogP contribution in [0.4, 0.5) is 15.6 Å². The Morgan fingerprint density at radius 2 is 1.79 bits per heavy atom. The van der Waals surface area contributed by atoms with Crippen LogP contribution < -0.4 is 10.0 Å². The van der Waals surface area contributed by atoms with Gasteiger partial charge in [0.15, 0.2) is 5.13 Å². The lowest BCUT2D eigenvalue weighted by molar-refractivity contribution is -0.123. The SMILES string of the molecule is O=C(CCN1C(=O)S/C(=C/c2ccccc2)C1=O)Nc1ccc(S(=O)(=O)Nc2nccs2)cc1. The van der Waals surface area contributed by atoms with Crippen LogP contribution in [0.1, 0.15) is 12.0 Å². The van der Waals surface area contributed by atoms with Crippen LogP contribution in [0.2, 0.25) is 0 Å². The molecule has 4 rings (SSSR count). The second-order valence-corrected chi connectivity index (χ2v) is 10.6. The van der Waals surface area contributed by atoms with E-state index in [0.717, 1.165) is 33.6 Å². The van der Waals surface area contributed by atoms with Gasteiger partial charge in [0.2, 0.25) is 5.91 Å². The van der Waals surface area contributed by atoms with Gasteiger partial charge in [-0.25, -0.2) is 13.4 Å². The molecular formula is C22H18N4O5S3. The Kier molecular flexibility index (Phi) is 7.10. The smallest absolute Gasteiger partial charge is 0.293 e. The van der Waals surface area contributed by atoms with Gasteiger partial charge in [-0.1, -0.05) is 30.3 Å². The summed E-state index contributed by atoms with van der Waals surface area (Å²) < 4.78 is 27.1. The van der Waals surface area contributed by atoms with Crippen molar-refractivity contribution in [2.75, 3.05) is 16.6 Å². The van der Waals surface area contributed by atoms with E-state index in [1.807, 2.05) is 30.3 Å². The summed E-state index contributed by atoms with van der Waals surface area (Å²) in [5.74, 6) is -0.850. The summed E-state index contributed by atoms with van der Waals surface area (Å²) >= 11 is 1.99. The van der Waals surface area contributed by atoms with Crippen LogP contribution in [0.25, 0.3) is 6.08 Å². The van der Waals surface area contributed by atoms with Gasteiger partial charge in [-0.15, -0.1) is 11.3 Å². The quantitative estimate of drug-likeness (QED) is 0.435. The van der Waals surface area contributed by atoms with Crippen LogP contribution in [0.15, 0.2) is 76.0 Å². The molecule has 1 fully saturated rings. The van der Waals surface area contributed by atoms with Gasteiger partial charge in [-0.05, 0) is 47.7 Å². The second-order valence-electron chi connectivity index (χ2n) is 7.01. The lowest BCUT2D eigenvalue weighted by atomic mass is 10.2. The molecule has 1 aliphatic rings. The highest BCUT2D eigenvalue weighted by molar-refractivity contribution is 8.18. The van der Waals surface area contributed by atoms with Crippen molar-refractivity contribution in [3.63, 3.8) is 0 Å². The summed E-state index contributed by atoms with van der Waals surface area (Å²) in [6, 6.07) is 14.8. The highest BCUT2D eigenvalue weighted by atomic mass is 32.2. The number of amides is 3. The molecule has 0 radical (unpaired) electrons. The molecule has 1 saturated heterocycles. The van der Waals surface area contributed by atoms with Crippen molar-refractivity contribution in [2.45, 2.75) is 11.3 Å². The fourth-order valence-electron chi connectivity index (χ4n) is 3.00. The molecule has 9 nitrogen and oxygen atoms in total. The van der Waals surface area contributed by atoms with E-state index in [1.165, 1.54) is 30.5 Å². The van der Waals surface area contributed by atoms with Crippen LogP contribution >= 0.6 is 23.1 Å². The lowest BCUT2D eigenvalue weighted by Crippen LogP contribution is -2.31. The normalized spacial score (nSPS) is 15.1. The van der Waals surface area contributed by atoms with Crippen molar-refractivity contribution in [2.24, 2.45) is 0 Å². The number of anilines is 2. The Labute approximate surface area is 203 Å². The molecule has 2 N–H and O–H groups in total. The van der Waals surface area contributed by atoms with Gasteiger partial charge in [0.05, 0.1) is 9.80 Å². The van der Waals surface area contributed by atoms with Crippen LogP contribution in [-0.2, 0) is 19.6 Å². The van der Waals surface area contributed by atoms with E-state index in [-0.39, 0.29) is 23.0 Å². The molecule has 174 valence electrons. The molecule has 2 heterocycles. The molecule has 1 aliphatic heterocycles. The standard InChI is InChI=1S/C22H18N4O5S3/c27-19(10-12-26-20(28)18(33-22(26)29)14-15-4-2-1-3-5-15)24-16-6-8-17(9-7-16)34(30,31)25-21-23-11-13-32-21/h1-9,11,13-14H,10,12H2,(H,23,25)(H,24,27)/b18-14+. The first-order valence-electron chi connectivity index (χ1n) is 9.94. The molecular weight excluding hydrogens is 496 g/mol. The van der Waals surface area contributed by atoms with Crippen LogP contribution in [0.3, 0.4) is 0 Å². The lowest BCUT2D eigenvalue weighted by Gasteiger charge is -2.12. The van der Waals surface area contributed by atoms with Crippen molar-refractivity contribution in [3.8, 4) is 0 Å².